The Morgan fingerprint density at radius 3 is 2.25 bits per heavy atom. The summed E-state index contributed by atoms with van der Waals surface area (Å²) in [6.45, 7) is 2.67. The predicted molar refractivity (Wildman–Crippen MR) is 64.3 cm³/mol. The molecule has 3 nitrogen and oxygen atoms in total. The highest BCUT2D eigenvalue weighted by Crippen LogP contribution is 2.15. The van der Waals surface area contributed by atoms with Gasteiger partial charge < -0.3 is 0 Å². The van der Waals surface area contributed by atoms with Crippen LogP contribution in [0.4, 0.5) is 0 Å². The van der Waals surface area contributed by atoms with Crippen LogP contribution in [0.25, 0.3) is 0 Å². The number of imide groups is 1. The number of likely N-dealkylation sites (tertiary alicyclic amines) is 1. The third-order valence-electron chi connectivity index (χ3n) is 3.08. The normalized spacial score (nSPS) is 19.8. The Balaban J connectivity index is 2.43. The van der Waals surface area contributed by atoms with E-state index in [-0.39, 0.29) is 11.8 Å². The number of rotatable bonds is 5. The number of hydrogen-bond acceptors (Lipinski definition) is 2. The number of amides is 2. The molecule has 0 aliphatic carbocycles. The molecule has 0 bridgehead atoms. The summed E-state index contributed by atoms with van der Waals surface area (Å²) in [5.41, 5.74) is 0. The SMILES string of the molecule is CC(CCCl)CCN1C(=O)CCCCC1=O. The minimum Gasteiger partial charge on any atom is -0.283 e. The van der Waals surface area contributed by atoms with Crippen LogP contribution in [0.5, 0.6) is 0 Å². The maximum absolute atomic E-state index is 11.7. The van der Waals surface area contributed by atoms with Crippen LogP contribution in [0.1, 0.15) is 45.4 Å². The molecule has 92 valence electrons. The van der Waals surface area contributed by atoms with Crippen LogP contribution in [0.15, 0.2) is 0 Å². The number of carbonyl (C=O) groups excluding carboxylic acids is 2. The standard InChI is InChI=1S/C12H20ClNO2/c1-10(6-8-13)7-9-14-11(15)4-2-3-5-12(14)16/h10H,2-9H2,1H3. The van der Waals surface area contributed by atoms with Gasteiger partial charge in [0.05, 0.1) is 0 Å². The van der Waals surface area contributed by atoms with E-state index in [4.69, 9.17) is 11.6 Å². The van der Waals surface area contributed by atoms with Crippen molar-refractivity contribution in [2.45, 2.75) is 45.4 Å². The lowest BCUT2D eigenvalue weighted by Crippen LogP contribution is -2.36. The molecule has 1 atom stereocenters. The molecule has 1 saturated heterocycles. The summed E-state index contributed by atoms with van der Waals surface area (Å²) in [6, 6.07) is 0. The van der Waals surface area contributed by atoms with Crippen molar-refractivity contribution in [3.05, 3.63) is 0 Å². The van der Waals surface area contributed by atoms with Crippen molar-refractivity contribution in [3.8, 4) is 0 Å². The molecule has 4 heteroatoms. The van der Waals surface area contributed by atoms with Gasteiger partial charge in [0.25, 0.3) is 0 Å². The Kier molecular flexibility index (Phi) is 5.81. The second-order valence-corrected chi connectivity index (χ2v) is 4.90. The van der Waals surface area contributed by atoms with Gasteiger partial charge in [0.15, 0.2) is 0 Å². The zero-order valence-corrected chi connectivity index (χ0v) is 10.6. The van der Waals surface area contributed by atoms with Gasteiger partial charge in [0.1, 0.15) is 0 Å². The van der Waals surface area contributed by atoms with Crippen molar-refractivity contribution < 1.29 is 9.59 Å². The van der Waals surface area contributed by atoms with E-state index in [9.17, 15) is 9.59 Å². The van der Waals surface area contributed by atoms with Crippen molar-refractivity contribution in [2.24, 2.45) is 5.92 Å². The summed E-state index contributed by atoms with van der Waals surface area (Å²) in [6.07, 6.45) is 4.55. The fourth-order valence-electron chi connectivity index (χ4n) is 1.89. The van der Waals surface area contributed by atoms with Gasteiger partial charge >= 0.3 is 0 Å². The quantitative estimate of drug-likeness (QED) is 0.552. The highest BCUT2D eigenvalue weighted by Gasteiger charge is 2.23. The summed E-state index contributed by atoms with van der Waals surface area (Å²) < 4.78 is 0. The lowest BCUT2D eigenvalue weighted by Gasteiger charge is -2.20. The first-order valence-corrected chi connectivity index (χ1v) is 6.57. The second kappa shape index (κ2) is 6.89. The third kappa shape index (κ3) is 4.12. The molecule has 1 rings (SSSR count). The van der Waals surface area contributed by atoms with E-state index in [0.29, 0.717) is 31.2 Å². The molecule has 0 spiro atoms. The number of hydrogen-bond donors (Lipinski definition) is 0. The number of alkyl halides is 1. The molecule has 0 aromatic carbocycles. The van der Waals surface area contributed by atoms with Crippen molar-refractivity contribution in [1.82, 2.24) is 4.90 Å². The molecule has 0 N–H and O–H groups in total. The summed E-state index contributed by atoms with van der Waals surface area (Å²) >= 11 is 5.65. The molecular formula is C12H20ClNO2. The van der Waals surface area contributed by atoms with E-state index < -0.39 is 0 Å². The molecular weight excluding hydrogens is 226 g/mol. The second-order valence-electron chi connectivity index (χ2n) is 4.52. The largest absolute Gasteiger partial charge is 0.283 e. The Bertz CT molecular complexity index is 237. The van der Waals surface area contributed by atoms with E-state index >= 15 is 0 Å². The Labute approximate surface area is 102 Å². The van der Waals surface area contributed by atoms with Crippen LogP contribution < -0.4 is 0 Å². The maximum Gasteiger partial charge on any atom is 0.229 e. The summed E-state index contributed by atoms with van der Waals surface area (Å²) in [5.74, 6) is 1.12. The molecule has 1 aliphatic heterocycles. The van der Waals surface area contributed by atoms with Gasteiger partial charge in [-0.25, -0.2) is 0 Å². The average molecular weight is 246 g/mol. The van der Waals surface area contributed by atoms with E-state index in [0.717, 1.165) is 25.7 Å². The number of nitrogens with zero attached hydrogens (tertiary/aromatic N) is 1. The molecule has 1 heterocycles. The van der Waals surface area contributed by atoms with Gasteiger partial charge in [-0.2, -0.15) is 0 Å². The van der Waals surface area contributed by atoms with Gasteiger partial charge in [-0.05, 0) is 31.6 Å². The maximum atomic E-state index is 11.7. The van der Waals surface area contributed by atoms with Crippen molar-refractivity contribution in [2.75, 3.05) is 12.4 Å². The highest BCUT2D eigenvalue weighted by molar-refractivity contribution is 6.17. The third-order valence-corrected chi connectivity index (χ3v) is 3.30. The van der Waals surface area contributed by atoms with E-state index in [2.05, 4.69) is 6.92 Å². The Morgan fingerprint density at radius 1 is 1.19 bits per heavy atom. The van der Waals surface area contributed by atoms with Gasteiger partial charge in [-0.15, -0.1) is 11.6 Å². The fourth-order valence-corrected chi connectivity index (χ4v) is 2.26. The van der Waals surface area contributed by atoms with E-state index in [1.54, 1.807) is 0 Å². The smallest absolute Gasteiger partial charge is 0.229 e. The number of carbonyl (C=O) groups is 2. The molecule has 0 aromatic rings. The van der Waals surface area contributed by atoms with Crippen LogP contribution in [0.3, 0.4) is 0 Å². The highest BCUT2D eigenvalue weighted by atomic mass is 35.5. The predicted octanol–water partition coefficient (Wildman–Crippen LogP) is 2.57. The van der Waals surface area contributed by atoms with Gasteiger partial charge in [-0.3, -0.25) is 14.5 Å². The Hall–Kier alpha value is -0.570. The van der Waals surface area contributed by atoms with Crippen LogP contribution in [-0.4, -0.2) is 29.1 Å². The first-order chi connectivity index (χ1) is 7.65. The topological polar surface area (TPSA) is 37.4 Å². The summed E-state index contributed by atoms with van der Waals surface area (Å²) in [5, 5.41) is 0. The molecule has 2 amide bonds. The van der Waals surface area contributed by atoms with Crippen LogP contribution in [-0.2, 0) is 9.59 Å². The van der Waals surface area contributed by atoms with Crippen LogP contribution >= 0.6 is 11.6 Å². The molecule has 1 aliphatic rings. The lowest BCUT2D eigenvalue weighted by molar-refractivity contribution is -0.143. The van der Waals surface area contributed by atoms with E-state index in [1.165, 1.54) is 4.90 Å². The molecule has 0 saturated carbocycles. The summed E-state index contributed by atoms with van der Waals surface area (Å²) in [4.78, 5) is 24.8. The first-order valence-electron chi connectivity index (χ1n) is 6.04. The minimum atomic E-state index is 0.000531. The van der Waals surface area contributed by atoms with Crippen molar-refractivity contribution >= 4 is 23.4 Å². The first kappa shape index (κ1) is 13.5. The average Bonchev–Trinajstić information content (AvgIpc) is 2.39. The fraction of sp³-hybridized carbons (Fsp3) is 0.833. The zero-order chi connectivity index (χ0) is 12.0. The Morgan fingerprint density at radius 2 is 1.75 bits per heavy atom. The van der Waals surface area contributed by atoms with Gasteiger partial charge in [0, 0.05) is 25.3 Å². The van der Waals surface area contributed by atoms with Crippen molar-refractivity contribution in [3.63, 3.8) is 0 Å². The zero-order valence-electron chi connectivity index (χ0n) is 9.88. The molecule has 1 unspecified atom stereocenters. The molecule has 0 radical (unpaired) electrons. The summed E-state index contributed by atoms with van der Waals surface area (Å²) in [7, 11) is 0. The lowest BCUT2D eigenvalue weighted by atomic mass is 10.0. The molecule has 16 heavy (non-hydrogen) atoms. The molecule has 1 fully saturated rings. The van der Waals surface area contributed by atoms with Crippen molar-refractivity contribution in [1.29, 1.82) is 0 Å². The van der Waals surface area contributed by atoms with Gasteiger partial charge in [-0.1, -0.05) is 6.92 Å². The van der Waals surface area contributed by atoms with Crippen LogP contribution in [0.2, 0.25) is 0 Å². The van der Waals surface area contributed by atoms with Gasteiger partial charge in [0.2, 0.25) is 11.8 Å². The number of halogens is 1. The minimum absolute atomic E-state index is 0.000531. The van der Waals surface area contributed by atoms with Crippen LogP contribution in [0, 0.1) is 5.92 Å². The molecule has 0 aromatic heterocycles. The monoisotopic (exact) mass is 245 g/mol. The van der Waals surface area contributed by atoms with E-state index in [1.807, 2.05) is 0 Å².